The van der Waals surface area contributed by atoms with Crippen molar-refractivity contribution in [3.8, 4) is 11.5 Å². The first-order valence-corrected chi connectivity index (χ1v) is 10.1. The lowest BCUT2D eigenvalue weighted by atomic mass is 9.81. The molecule has 6 heteroatoms. The summed E-state index contributed by atoms with van der Waals surface area (Å²) >= 11 is 0. The second-order valence-electron chi connectivity index (χ2n) is 7.69. The van der Waals surface area contributed by atoms with Crippen molar-refractivity contribution in [2.24, 2.45) is 0 Å². The van der Waals surface area contributed by atoms with Crippen LogP contribution in [0.1, 0.15) is 43.0 Å². The lowest BCUT2D eigenvalue weighted by Crippen LogP contribution is -2.20. The van der Waals surface area contributed by atoms with E-state index in [1.54, 1.807) is 38.5 Å². The maximum Gasteiger partial charge on any atom is 0.194 e. The number of Topliss-reactive ketones (excluding diaryl/α,β-unsaturated/α-hetero) is 2. The molecule has 0 atom stereocenters. The van der Waals surface area contributed by atoms with E-state index in [1.807, 2.05) is 26.0 Å². The summed E-state index contributed by atoms with van der Waals surface area (Å²) in [6, 6.07) is 7.25. The number of aryl methyl sites for hydroxylation is 2. The van der Waals surface area contributed by atoms with Crippen LogP contribution >= 0.6 is 0 Å². The van der Waals surface area contributed by atoms with Crippen LogP contribution in [-0.4, -0.2) is 40.0 Å². The maximum absolute atomic E-state index is 13.6. The summed E-state index contributed by atoms with van der Waals surface area (Å²) in [6.45, 7) is 3.77. The summed E-state index contributed by atoms with van der Waals surface area (Å²) in [5, 5.41) is 0. The van der Waals surface area contributed by atoms with Gasteiger partial charge in [0.2, 0.25) is 0 Å². The molecule has 6 nitrogen and oxygen atoms in total. The zero-order valence-electron chi connectivity index (χ0n) is 18.9. The fourth-order valence-corrected chi connectivity index (χ4v) is 4.24. The standard InChI is InChI=1S/C26H24O6/c1-13-7-17-23(19(9-13)29-3)21(31-5)11-15(25(17)27)16-12-22(32-6)24-18(26(16)28)8-14(2)10-20(24)30-4/h7-12H,1-6H3/b16-15+. The van der Waals surface area contributed by atoms with E-state index in [9.17, 15) is 9.59 Å². The fourth-order valence-electron chi connectivity index (χ4n) is 4.24. The third-order valence-electron chi connectivity index (χ3n) is 5.69. The van der Waals surface area contributed by atoms with Crippen molar-refractivity contribution in [2.45, 2.75) is 13.8 Å². The van der Waals surface area contributed by atoms with Crippen LogP contribution < -0.4 is 9.47 Å². The Bertz CT molecular complexity index is 1160. The van der Waals surface area contributed by atoms with Crippen LogP contribution in [0.3, 0.4) is 0 Å². The first kappa shape index (κ1) is 21.4. The Labute approximate surface area is 186 Å². The maximum atomic E-state index is 13.6. The predicted octanol–water partition coefficient (Wildman–Crippen LogP) is 4.68. The van der Waals surface area contributed by atoms with Gasteiger partial charge in [0.25, 0.3) is 0 Å². The summed E-state index contributed by atoms with van der Waals surface area (Å²) < 4.78 is 22.2. The average Bonchev–Trinajstić information content (AvgIpc) is 2.79. The lowest BCUT2D eigenvalue weighted by molar-refractivity contribution is 0.100. The Kier molecular flexibility index (Phi) is 5.38. The fraction of sp³-hybridized carbons (Fsp3) is 0.231. The average molecular weight is 432 g/mol. The molecule has 2 aliphatic rings. The van der Waals surface area contributed by atoms with Crippen molar-refractivity contribution in [3.63, 3.8) is 0 Å². The highest BCUT2D eigenvalue weighted by molar-refractivity contribution is 6.26. The third-order valence-corrected chi connectivity index (χ3v) is 5.69. The van der Waals surface area contributed by atoms with Crippen LogP contribution in [0.2, 0.25) is 0 Å². The highest BCUT2D eigenvalue weighted by Crippen LogP contribution is 2.42. The molecule has 2 aliphatic carbocycles. The molecule has 4 rings (SSSR count). The molecular weight excluding hydrogens is 408 g/mol. The van der Waals surface area contributed by atoms with Gasteiger partial charge in [0.05, 0.1) is 39.6 Å². The molecule has 32 heavy (non-hydrogen) atoms. The topological polar surface area (TPSA) is 71.1 Å². The van der Waals surface area contributed by atoms with Crippen LogP contribution in [0.4, 0.5) is 0 Å². The summed E-state index contributed by atoms with van der Waals surface area (Å²) in [6.07, 6.45) is 3.19. The molecule has 0 bridgehead atoms. The number of allylic oxidation sites excluding steroid dienone is 4. The molecule has 2 aromatic carbocycles. The van der Waals surface area contributed by atoms with Crippen molar-refractivity contribution in [3.05, 3.63) is 80.9 Å². The second-order valence-corrected chi connectivity index (χ2v) is 7.69. The predicted molar refractivity (Wildman–Crippen MR) is 121 cm³/mol. The highest BCUT2D eigenvalue weighted by atomic mass is 16.5. The van der Waals surface area contributed by atoms with Crippen LogP contribution in [0.5, 0.6) is 11.5 Å². The molecule has 0 unspecified atom stereocenters. The van der Waals surface area contributed by atoms with Gasteiger partial charge in [-0.05, 0) is 61.4 Å². The first-order chi connectivity index (χ1) is 15.3. The van der Waals surface area contributed by atoms with Crippen molar-refractivity contribution < 1.29 is 28.5 Å². The number of ketones is 2. The molecule has 0 fully saturated rings. The van der Waals surface area contributed by atoms with Crippen molar-refractivity contribution in [2.75, 3.05) is 28.4 Å². The Hall–Kier alpha value is -3.80. The Morgan fingerprint density at radius 3 is 1.25 bits per heavy atom. The molecule has 164 valence electrons. The van der Waals surface area contributed by atoms with Gasteiger partial charge in [0.15, 0.2) is 11.6 Å². The van der Waals surface area contributed by atoms with E-state index < -0.39 is 0 Å². The van der Waals surface area contributed by atoms with Gasteiger partial charge in [-0.15, -0.1) is 0 Å². The number of hydrogen-bond acceptors (Lipinski definition) is 6. The van der Waals surface area contributed by atoms with Crippen LogP contribution in [-0.2, 0) is 9.47 Å². The zero-order valence-corrected chi connectivity index (χ0v) is 18.9. The number of carbonyl (C=O) groups excluding carboxylic acids is 2. The molecule has 0 aromatic heterocycles. The summed E-state index contributed by atoms with van der Waals surface area (Å²) in [7, 11) is 6.14. The lowest BCUT2D eigenvalue weighted by Gasteiger charge is -2.25. The van der Waals surface area contributed by atoms with Crippen LogP contribution in [0, 0.1) is 13.8 Å². The van der Waals surface area contributed by atoms with Gasteiger partial charge in [0.1, 0.15) is 23.0 Å². The van der Waals surface area contributed by atoms with Gasteiger partial charge in [-0.2, -0.15) is 0 Å². The molecule has 0 N–H and O–H groups in total. The Morgan fingerprint density at radius 1 is 0.562 bits per heavy atom. The van der Waals surface area contributed by atoms with E-state index in [2.05, 4.69) is 0 Å². The number of carbonyl (C=O) groups is 2. The summed E-state index contributed by atoms with van der Waals surface area (Å²) in [5.41, 5.74) is 4.22. The minimum atomic E-state index is -0.277. The van der Waals surface area contributed by atoms with E-state index in [0.717, 1.165) is 11.1 Å². The van der Waals surface area contributed by atoms with Crippen LogP contribution in [0.25, 0.3) is 11.5 Å². The number of benzene rings is 2. The minimum absolute atomic E-state index is 0.243. The number of fused-ring (bicyclic) bond motifs is 2. The smallest absolute Gasteiger partial charge is 0.194 e. The van der Waals surface area contributed by atoms with Gasteiger partial charge in [-0.1, -0.05) is 0 Å². The van der Waals surface area contributed by atoms with Crippen molar-refractivity contribution >= 4 is 23.1 Å². The molecule has 0 amide bonds. The van der Waals surface area contributed by atoms with Gasteiger partial charge < -0.3 is 18.9 Å². The quantitative estimate of drug-likeness (QED) is 0.653. The van der Waals surface area contributed by atoms with E-state index >= 15 is 0 Å². The zero-order chi connectivity index (χ0) is 23.2. The van der Waals surface area contributed by atoms with Crippen LogP contribution in [0.15, 0.2) is 47.6 Å². The normalized spacial score (nSPS) is 17.2. The molecule has 0 aliphatic heterocycles. The molecule has 2 aromatic rings. The van der Waals surface area contributed by atoms with Gasteiger partial charge in [-0.25, -0.2) is 0 Å². The first-order valence-electron chi connectivity index (χ1n) is 10.1. The second kappa shape index (κ2) is 8.04. The molecular formula is C26H24O6. The monoisotopic (exact) mass is 432 g/mol. The van der Waals surface area contributed by atoms with E-state index in [0.29, 0.717) is 45.3 Å². The molecule has 0 spiro atoms. The number of methoxy groups -OCH3 is 4. The summed E-state index contributed by atoms with van der Waals surface area (Å²) in [4.78, 5) is 27.2. The van der Waals surface area contributed by atoms with Gasteiger partial charge in [0, 0.05) is 22.3 Å². The molecule has 0 saturated carbocycles. The number of ether oxygens (including phenoxy) is 4. The van der Waals surface area contributed by atoms with E-state index in [1.165, 1.54) is 14.2 Å². The molecule has 0 saturated heterocycles. The highest BCUT2D eigenvalue weighted by Gasteiger charge is 2.34. The third kappa shape index (κ3) is 3.19. The largest absolute Gasteiger partial charge is 0.496 e. The molecule has 0 heterocycles. The van der Waals surface area contributed by atoms with Crippen molar-refractivity contribution in [1.29, 1.82) is 0 Å². The van der Waals surface area contributed by atoms with E-state index in [-0.39, 0.29) is 22.7 Å². The SMILES string of the molecule is COC1=C/C(=C2/C=C(OC)c3c(OC)cc(C)cc3C2=O)C(=O)c2cc(C)cc(OC)c21. The Morgan fingerprint density at radius 2 is 0.938 bits per heavy atom. The number of hydrogen-bond donors (Lipinski definition) is 0. The molecule has 0 radical (unpaired) electrons. The van der Waals surface area contributed by atoms with Crippen molar-refractivity contribution in [1.82, 2.24) is 0 Å². The van der Waals surface area contributed by atoms with Gasteiger partial charge in [-0.3, -0.25) is 9.59 Å². The number of rotatable bonds is 4. The van der Waals surface area contributed by atoms with E-state index in [4.69, 9.17) is 18.9 Å². The summed E-state index contributed by atoms with van der Waals surface area (Å²) in [5.74, 6) is 1.43. The van der Waals surface area contributed by atoms with Gasteiger partial charge >= 0.3 is 0 Å². The minimum Gasteiger partial charge on any atom is -0.496 e. The Balaban J connectivity index is 2.02.